The zero-order valence-electron chi connectivity index (χ0n) is 13.0. The number of carboxylic acid groups (broad SMARTS) is 1. The largest absolute Gasteiger partial charge is 0.573 e. The molecule has 1 fully saturated rings. The summed E-state index contributed by atoms with van der Waals surface area (Å²) in [6.45, 7) is 0. The Morgan fingerprint density at radius 3 is 2.54 bits per heavy atom. The van der Waals surface area contributed by atoms with E-state index in [1.807, 2.05) is 0 Å². The first-order chi connectivity index (χ1) is 11.2. The topological polar surface area (TPSA) is 66.8 Å². The third-order valence-electron chi connectivity index (χ3n) is 4.14. The number of hydrogen-bond acceptors (Lipinski definition) is 3. The number of carbonyl (C=O) groups excluding carboxylic acids is 1. The number of amides is 1. The molecule has 132 valence electrons. The first kappa shape index (κ1) is 18.1. The molecule has 1 aromatic rings. The Kier molecular flexibility index (Phi) is 5.36. The number of carboxylic acids is 1. The van der Waals surface area contributed by atoms with Crippen LogP contribution in [-0.4, -0.2) is 30.4 Å². The summed E-state index contributed by atoms with van der Waals surface area (Å²) in [4.78, 5) is 24.9. The molecule has 2 unspecified atom stereocenters. The van der Waals surface area contributed by atoms with Crippen LogP contribution >= 0.6 is 0 Å². The second-order valence-corrected chi connectivity index (χ2v) is 5.84. The van der Waals surface area contributed by atoms with E-state index in [0.29, 0.717) is 19.3 Å². The molecule has 1 N–H and O–H groups in total. The molecular weight excluding hydrogens is 327 g/mol. The van der Waals surface area contributed by atoms with Gasteiger partial charge in [-0.15, -0.1) is 13.2 Å². The van der Waals surface area contributed by atoms with Gasteiger partial charge in [-0.1, -0.05) is 12.5 Å². The summed E-state index contributed by atoms with van der Waals surface area (Å²) in [5.41, 5.74) is 0.263. The lowest BCUT2D eigenvalue weighted by molar-refractivity contribution is -0.274. The fourth-order valence-electron chi connectivity index (χ4n) is 2.93. The highest BCUT2D eigenvalue weighted by molar-refractivity contribution is 5.95. The highest BCUT2D eigenvalue weighted by Gasteiger charge is 2.33. The quantitative estimate of drug-likeness (QED) is 0.908. The van der Waals surface area contributed by atoms with E-state index < -0.39 is 29.9 Å². The fraction of sp³-hybridized carbons (Fsp3) is 0.500. The van der Waals surface area contributed by atoms with Crippen molar-refractivity contribution in [1.29, 1.82) is 0 Å². The average molecular weight is 345 g/mol. The molecule has 0 spiro atoms. The van der Waals surface area contributed by atoms with E-state index in [1.54, 1.807) is 0 Å². The van der Waals surface area contributed by atoms with Crippen LogP contribution in [-0.2, 0) is 9.59 Å². The normalized spacial score (nSPS) is 21.2. The van der Waals surface area contributed by atoms with Gasteiger partial charge in [0.05, 0.1) is 5.92 Å². The lowest BCUT2D eigenvalue weighted by Gasteiger charge is -2.29. The zero-order valence-corrected chi connectivity index (χ0v) is 13.0. The van der Waals surface area contributed by atoms with Gasteiger partial charge in [0.1, 0.15) is 5.75 Å². The van der Waals surface area contributed by atoms with Gasteiger partial charge in [-0.3, -0.25) is 9.59 Å². The van der Waals surface area contributed by atoms with E-state index in [4.69, 9.17) is 5.11 Å². The smallest absolute Gasteiger partial charge is 0.481 e. The first-order valence-electron chi connectivity index (χ1n) is 7.53. The van der Waals surface area contributed by atoms with Gasteiger partial charge in [0.15, 0.2) is 0 Å². The van der Waals surface area contributed by atoms with Crippen molar-refractivity contribution in [2.45, 2.75) is 32.0 Å². The van der Waals surface area contributed by atoms with Crippen molar-refractivity contribution in [3.63, 3.8) is 0 Å². The van der Waals surface area contributed by atoms with Gasteiger partial charge in [0, 0.05) is 24.7 Å². The number of nitrogens with zero attached hydrogens (tertiary/aromatic N) is 1. The summed E-state index contributed by atoms with van der Waals surface area (Å²) in [7, 11) is 1.46. The van der Waals surface area contributed by atoms with Gasteiger partial charge in [-0.25, -0.2) is 0 Å². The number of benzene rings is 1. The third kappa shape index (κ3) is 4.62. The molecule has 5 nitrogen and oxygen atoms in total. The Morgan fingerprint density at radius 2 is 1.92 bits per heavy atom. The Bertz CT molecular complexity index is 618. The summed E-state index contributed by atoms with van der Waals surface area (Å²) in [5, 5.41) is 9.09. The molecule has 1 aliphatic rings. The molecule has 1 saturated carbocycles. The molecule has 0 heterocycles. The van der Waals surface area contributed by atoms with Crippen LogP contribution in [0.5, 0.6) is 5.75 Å². The van der Waals surface area contributed by atoms with Crippen LogP contribution in [0.2, 0.25) is 0 Å². The molecule has 0 saturated heterocycles. The van der Waals surface area contributed by atoms with E-state index in [9.17, 15) is 22.8 Å². The molecule has 1 aromatic carbocycles. The molecule has 24 heavy (non-hydrogen) atoms. The lowest BCUT2D eigenvalue weighted by atomic mass is 9.81. The van der Waals surface area contributed by atoms with Crippen molar-refractivity contribution >= 4 is 17.6 Å². The summed E-state index contributed by atoms with van der Waals surface area (Å²) >= 11 is 0. The van der Waals surface area contributed by atoms with Crippen LogP contribution in [0, 0.1) is 11.8 Å². The molecule has 0 bridgehead atoms. The van der Waals surface area contributed by atoms with Crippen molar-refractivity contribution in [2.24, 2.45) is 11.8 Å². The molecule has 2 atom stereocenters. The third-order valence-corrected chi connectivity index (χ3v) is 4.14. The SMILES string of the molecule is CN(C(=O)C1CCCC(C(=O)O)C1)c1cccc(OC(F)(F)F)c1. The van der Waals surface area contributed by atoms with Gasteiger partial charge in [0.2, 0.25) is 5.91 Å². The van der Waals surface area contributed by atoms with Crippen LogP contribution in [0.15, 0.2) is 24.3 Å². The number of aliphatic carboxylic acids is 1. The van der Waals surface area contributed by atoms with E-state index in [-0.39, 0.29) is 18.0 Å². The molecule has 0 aliphatic heterocycles. The Labute approximate surface area is 137 Å². The van der Waals surface area contributed by atoms with E-state index in [0.717, 1.165) is 12.1 Å². The number of rotatable bonds is 4. The summed E-state index contributed by atoms with van der Waals surface area (Å²) in [6.07, 6.45) is -2.81. The highest BCUT2D eigenvalue weighted by Crippen LogP contribution is 2.32. The van der Waals surface area contributed by atoms with Gasteiger partial charge in [-0.2, -0.15) is 0 Å². The molecule has 1 aliphatic carbocycles. The Morgan fingerprint density at radius 1 is 1.25 bits per heavy atom. The number of halogens is 3. The van der Waals surface area contributed by atoms with Crippen molar-refractivity contribution in [1.82, 2.24) is 0 Å². The molecule has 8 heteroatoms. The number of carbonyl (C=O) groups is 2. The first-order valence-corrected chi connectivity index (χ1v) is 7.53. The summed E-state index contributed by atoms with van der Waals surface area (Å²) in [6, 6.07) is 5.14. The van der Waals surface area contributed by atoms with Crippen LogP contribution in [0.3, 0.4) is 0 Å². The van der Waals surface area contributed by atoms with Crippen molar-refractivity contribution < 1.29 is 32.6 Å². The Hall–Kier alpha value is -2.25. The number of ether oxygens (including phenoxy) is 1. The maximum atomic E-state index is 12.5. The van der Waals surface area contributed by atoms with Crippen LogP contribution in [0.4, 0.5) is 18.9 Å². The molecule has 0 radical (unpaired) electrons. The van der Waals surface area contributed by atoms with Crippen LogP contribution in [0.1, 0.15) is 25.7 Å². The fourth-order valence-corrected chi connectivity index (χ4v) is 2.93. The molecular formula is C16H18F3NO4. The van der Waals surface area contributed by atoms with Crippen LogP contribution in [0.25, 0.3) is 0 Å². The van der Waals surface area contributed by atoms with Crippen molar-refractivity contribution in [2.75, 3.05) is 11.9 Å². The van der Waals surface area contributed by atoms with E-state index >= 15 is 0 Å². The summed E-state index contributed by atoms with van der Waals surface area (Å²) < 4.78 is 40.7. The van der Waals surface area contributed by atoms with Gasteiger partial charge in [0.25, 0.3) is 0 Å². The highest BCUT2D eigenvalue weighted by atomic mass is 19.4. The number of alkyl halides is 3. The standard InChI is InChI=1S/C16H18F3NO4/c1-20(12-6-3-7-13(9-12)24-16(17,18)19)14(21)10-4-2-5-11(8-10)15(22)23/h3,6-7,9-11H,2,4-5,8H2,1H3,(H,22,23). The zero-order chi connectivity index (χ0) is 17.9. The molecule has 2 rings (SSSR count). The minimum atomic E-state index is -4.81. The molecule has 0 aromatic heterocycles. The minimum Gasteiger partial charge on any atom is -0.481 e. The van der Waals surface area contributed by atoms with Gasteiger partial charge >= 0.3 is 12.3 Å². The maximum absolute atomic E-state index is 12.5. The van der Waals surface area contributed by atoms with E-state index in [2.05, 4.69) is 4.74 Å². The Balaban J connectivity index is 2.10. The number of hydrogen-bond donors (Lipinski definition) is 1. The monoisotopic (exact) mass is 345 g/mol. The minimum absolute atomic E-state index is 0.247. The average Bonchev–Trinajstić information content (AvgIpc) is 2.52. The molecule has 1 amide bonds. The predicted molar refractivity (Wildman–Crippen MR) is 79.6 cm³/mol. The lowest BCUT2D eigenvalue weighted by Crippen LogP contribution is -2.36. The second-order valence-electron chi connectivity index (χ2n) is 5.84. The maximum Gasteiger partial charge on any atom is 0.573 e. The van der Waals surface area contributed by atoms with E-state index in [1.165, 1.54) is 24.1 Å². The van der Waals surface area contributed by atoms with Crippen LogP contribution < -0.4 is 9.64 Å². The predicted octanol–water partition coefficient (Wildman–Crippen LogP) is 3.44. The summed E-state index contributed by atoms with van der Waals surface area (Å²) in [5.74, 6) is -2.63. The van der Waals surface area contributed by atoms with Crippen molar-refractivity contribution in [3.05, 3.63) is 24.3 Å². The van der Waals surface area contributed by atoms with Gasteiger partial charge in [-0.05, 0) is 31.4 Å². The van der Waals surface area contributed by atoms with Crippen molar-refractivity contribution in [3.8, 4) is 5.75 Å². The number of anilines is 1. The second kappa shape index (κ2) is 7.11. The van der Waals surface area contributed by atoms with Gasteiger partial charge < -0.3 is 14.7 Å².